The van der Waals surface area contributed by atoms with E-state index in [9.17, 15) is 0 Å². The maximum Gasteiger partial charge on any atom is 0.0991 e. The van der Waals surface area contributed by atoms with Gasteiger partial charge in [-0.3, -0.25) is 0 Å². The monoisotopic (exact) mass is 232 g/mol. The summed E-state index contributed by atoms with van der Waals surface area (Å²) in [6.07, 6.45) is 0. The van der Waals surface area contributed by atoms with Gasteiger partial charge in [-0.25, -0.2) is 0 Å². The smallest absolute Gasteiger partial charge is 0.0991 e. The molecule has 1 aromatic carbocycles. The van der Waals surface area contributed by atoms with Crippen LogP contribution >= 0.6 is 0 Å². The van der Waals surface area contributed by atoms with Crippen molar-refractivity contribution in [2.75, 3.05) is 13.7 Å². The van der Waals surface area contributed by atoms with Crippen LogP contribution in [0.4, 0.5) is 0 Å². The van der Waals surface area contributed by atoms with Gasteiger partial charge in [-0.05, 0) is 44.0 Å². The molecule has 17 heavy (non-hydrogen) atoms. The van der Waals surface area contributed by atoms with E-state index in [-0.39, 0.29) is 5.54 Å². The Morgan fingerprint density at radius 3 is 2.65 bits per heavy atom. The highest BCUT2D eigenvalue weighted by Crippen LogP contribution is 2.12. The molecular weight excluding hydrogens is 212 g/mol. The molecule has 0 saturated carbocycles. The van der Waals surface area contributed by atoms with Gasteiger partial charge >= 0.3 is 0 Å². The van der Waals surface area contributed by atoms with E-state index in [1.54, 1.807) is 7.11 Å². The first-order valence-corrected chi connectivity index (χ1v) is 5.72. The predicted molar refractivity (Wildman–Crippen MR) is 68.7 cm³/mol. The second-order valence-corrected chi connectivity index (χ2v) is 4.92. The van der Waals surface area contributed by atoms with Crippen LogP contribution in [0, 0.1) is 18.3 Å². The van der Waals surface area contributed by atoms with Crippen molar-refractivity contribution < 1.29 is 4.74 Å². The van der Waals surface area contributed by atoms with Gasteiger partial charge in [0.15, 0.2) is 0 Å². The van der Waals surface area contributed by atoms with E-state index in [4.69, 9.17) is 10.00 Å². The lowest BCUT2D eigenvalue weighted by atomic mass is 10.0. The zero-order valence-corrected chi connectivity index (χ0v) is 11.0. The van der Waals surface area contributed by atoms with Crippen molar-refractivity contribution in [1.82, 2.24) is 5.32 Å². The van der Waals surface area contributed by atoms with Gasteiger partial charge in [0, 0.05) is 19.2 Å². The number of hydrogen-bond donors (Lipinski definition) is 1. The molecule has 3 nitrogen and oxygen atoms in total. The Kier molecular flexibility index (Phi) is 4.68. The number of ether oxygens (including phenoxy) is 1. The number of nitriles is 1. The molecule has 3 heteroatoms. The molecule has 0 unspecified atom stereocenters. The van der Waals surface area contributed by atoms with Gasteiger partial charge in [-0.1, -0.05) is 6.07 Å². The summed E-state index contributed by atoms with van der Waals surface area (Å²) in [4.78, 5) is 0. The molecule has 0 aliphatic rings. The lowest BCUT2D eigenvalue weighted by Gasteiger charge is -2.25. The molecule has 0 heterocycles. The third-order valence-corrected chi connectivity index (χ3v) is 2.73. The number of benzene rings is 1. The fourth-order valence-electron chi connectivity index (χ4n) is 1.71. The molecule has 0 bridgehead atoms. The van der Waals surface area contributed by atoms with Crippen LogP contribution in [-0.2, 0) is 11.3 Å². The van der Waals surface area contributed by atoms with Gasteiger partial charge in [0.1, 0.15) is 0 Å². The molecule has 0 radical (unpaired) electrons. The summed E-state index contributed by atoms with van der Waals surface area (Å²) in [5.41, 5.74) is 3.02. The summed E-state index contributed by atoms with van der Waals surface area (Å²) in [6, 6.07) is 7.92. The summed E-state index contributed by atoms with van der Waals surface area (Å²) in [5, 5.41) is 12.2. The van der Waals surface area contributed by atoms with Crippen LogP contribution in [0.3, 0.4) is 0 Å². The first-order chi connectivity index (χ1) is 7.98. The molecule has 1 N–H and O–H groups in total. The molecule has 0 aliphatic heterocycles. The Morgan fingerprint density at radius 2 is 2.12 bits per heavy atom. The van der Waals surface area contributed by atoms with E-state index in [1.807, 2.05) is 25.1 Å². The van der Waals surface area contributed by atoms with Gasteiger partial charge in [0.25, 0.3) is 0 Å². The molecule has 0 amide bonds. The van der Waals surface area contributed by atoms with Crippen molar-refractivity contribution in [3.05, 3.63) is 34.9 Å². The van der Waals surface area contributed by atoms with Crippen LogP contribution in [0.5, 0.6) is 0 Å². The standard InChI is InChI=1S/C14H20N2O/c1-11-7-12(8-15)5-6-13(11)9-16-14(2,3)10-17-4/h5-7,16H,9-10H2,1-4H3. The Bertz CT molecular complexity index is 419. The third-order valence-electron chi connectivity index (χ3n) is 2.73. The molecule has 0 aliphatic carbocycles. The van der Waals surface area contributed by atoms with Gasteiger partial charge in [-0.15, -0.1) is 0 Å². The highest BCUT2D eigenvalue weighted by atomic mass is 16.5. The van der Waals surface area contributed by atoms with E-state index in [0.717, 1.165) is 12.1 Å². The highest BCUT2D eigenvalue weighted by molar-refractivity contribution is 5.37. The summed E-state index contributed by atoms with van der Waals surface area (Å²) in [7, 11) is 1.70. The maximum absolute atomic E-state index is 8.80. The Labute approximate surface area is 103 Å². The summed E-state index contributed by atoms with van der Waals surface area (Å²) < 4.78 is 5.16. The minimum absolute atomic E-state index is 0.0465. The second kappa shape index (κ2) is 5.81. The highest BCUT2D eigenvalue weighted by Gasteiger charge is 2.16. The van der Waals surface area contributed by atoms with Crippen LogP contribution < -0.4 is 5.32 Å². The SMILES string of the molecule is COCC(C)(C)NCc1ccc(C#N)cc1C. The minimum atomic E-state index is -0.0465. The van der Waals surface area contributed by atoms with E-state index < -0.39 is 0 Å². The van der Waals surface area contributed by atoms with E-state index >= 15 is 0 Å². The van der Waals surface area contributed by atoms with Crippen LogP contribution in [0.25, 0.3) is 0 Å². The van der Waals surface area contributed by atoms with E-state index in [0.29, 0.717) is 12.2 Å². The fraction of sp³-hybridized carbons (Fsp3) is 0.500. The molecule has 0 fully saturated rings. The van der Waals surface area contributed by atoms with Crippen molar-refractivity contribution in [2.24, 2.45) is 0 Å². The summed E-state index contributed by atoms with van der Waals surface area (Å²) in [6.45, 7) is 7.70. The average molecular weight is 232 g/mol. The lowest BCUT2D eigenvalue weighted by molar-refractivity contribution is 0.127. The molecule has 0 aromatic heterocycles. The van der Waals surface area contributed by atoms with Crippen molar-refractivity contribution in [3.63, 3.8) is 0 Å². The quantitative estimate of drug-likeness (QED) is 0.847. The second-order valence-electron chi connectivity index (χ2n) is 4.92. The average Bonchev–Trinajstić information content (AvgIpc) is 2.27. The predicted octanol–water partition coefficient (Wildman–Crippen LogP) is 2.38. The molecule has 0 atom stereocenters. The third kappa shape index (κ3) is 4.18. The van der Waals surface area contributed by atoms with Gasteiger partial charge in [0.2, 0.25) is 0 Å². The lowest BCUT2D eigenvalue weighted by Crippen LogP contribution is -2.42. The first kappa shape index (κ1) is 13.7. The molecule has 1 rings (SSSR count). The normalized spacial score (nSPS) is 11.2. The van der Waals surface area contributed by atoms with Gasteiger partial charge in [0.05, 0.1) is 18.2 Å². The molecular formula is C14H20N2O. The molecule has 0 spiro atoms. The van der Waals surface area contributed by atoms with Crippen molar-refractivity contribution in [2.45, 2.75) is 32.9 Å². The molecule has 0 saturated heterocycles. The Hall–Kier alpha value is -1.37. The fourth-order valence-corrected chi connectivity index (χ4v) is 1.71. The van der Waals surface area contributed by atoms with Crippen LogP contribution in [0.1, 0.15) is 30.5 Å². The van der Waals surface area contributed by atoms with Gasteiger partial charge in [-0.2, -0.15) is 5.26 Å². The first-order valence-electron chi connectivity index (χ1n) is 5.72. The van der Waals surface area contributed by atoms with Crippen LogP contribution in [0.2, 0.25) is 0 Å². The number of nitrogens with one attached hydrogen (secondary N) is 1. The maximum atomic E-state index is 8.80. The number of nitrogens with zero attached hydrogens (tertiary/aromatic N) is 1. The topological polar surface area (TPSA) is 45.0 Å². The van der Waals surface area contributed by atoms with E-state index in [2.05, 4.69) is 25.2 Å². The Balaban J connectivity index is 2.67. The van der Waals surface area contributed by atoms with Gasteiger partial charge < -0.3 is 10.1 Å². The van der Waals surface area contributed by atoms with E-state index in [1.165, 1.54) is 5.56 Å². The number of rotatable bonds is 5. The summed E-state index contributed by atoms with van der Waals surface area (Å²) in [5.74, 6) is 0. The molecule has 1 aromatic rings. The van der Waals surface area contributed by atoms with Crippen molar-refractivity contribution in [1.29, 1.82) is 5.26 Å². The van der Waals surface area contributed by atoms with Crippen LogP contribution in [0.15, 0.2) is 18.2 Å². The van der Waals surface area contributed by atoms with Crippen LogP contribution in [-0.4, -0.2) is 19.3 Å². The molecule has 92 valence electrons. The summed E-state index contributed by atoms with van der Waals surface area (Å²) >= 11 is 0. The zero-order valence-electron chi connectivity index (χ0n) is 11.0. The van der Waals surface area contributed by atoms with Crippen molar-refractivity contribution in [3.8, 4) is 6.07 Å². The number of hydrogen-bond acceptors (Lipinski definition) is 3. The number of methoxy groups -OCH3 is 1. The Morgan fingerprint density at radius 1 is 1.41 bits per heavy atom. The van der Waals surface area contributed by atoms with Crippen molar-refractivity contribution >= 4 is 0 Å². The number of aryl methyl sites for hydroxylation is 1. The largest absolute Gasteiger partial charge is 0.383 e. The minimum Gasteiger partial charge on any atom is -0.383 e. The zero-order chi connectivity index (χ0) is 12.9.